The van der Waals surface area contributed by atoms with Gasteiger partial charge in [-0.1, -0.05) is 12.1 Å². The van der Waals surface area contributed by atoms with E-state index in [0.29, 0.717) is 12.1 Å². The van der Waals surface area contributed by atoms with Gasteiger partial charge in [0.1, 0.15) is 0 Å². The number of pyridine rings is 1. The van der Waals surface area contributed by atoms with E-state index in [4.69, 9.17) is 0 Å². The highest BCUT2D eigenvalue weighted by molar-refractivity contribution is 6.00. The molecule has 0 spiro atoms. The second kappa shape index (κ2) is 6.78. The number of aromatic nitrogens is 1. The van der Waals surface area contributed by atoms with Crippen molar-refractivity contribution in [2.45, 2.75) is 38.3 Å². The molecular formula is C20H22N4O2. The van der Waals surface area contributed by atoms with Crippen molar-refractivity contribution in [3.05, 3.63) is 54.4 Å². The Bertz CT molecular complexity index is 820. The van der Waals surface area contributed by atoms with Crippen LogP contribution in [0.4, 0.5) is 16.2 Å². The van der Waals surface area contributed by atoms with Crippen LogP contribution in [0.1, 0.15) is 37.8 Å². The number of hydrogen-bond donors (Lipinski definition) is 1. The first-order valence-electron chi connectivity index (χ1n) is 9.03. The first-order chi connectivity index (χ1) is 12.6. The Hall–Kier alpha value is -2.89. The lowest BCUT2D eigenvalue weighted by Gasteiger charge is -2.31. The fourth-order valence-electron chi connectivity index (χ4n) is 3.32. The Morgan fingerprint density at radius 3 is 2.77 bits per heavy atom. The summed E-state index contributed by atoms with van der Waals surface area (Å²) in [5, 5.41) is 3.00. The summed E-state index contributed by atoms with van der Waals surface area (Å²) in [6, 6.07) is 11.5. The number of rotatable bonds is 5. The Labute approximate surface area is 152 Å². The molecular weight excluding hydrogens is 328 g/mol. The van der Waals surface area contributed by atoms with E-state index in [1.54, 1.807) is 11.1 Å². The third kappa shape index (κ3) is 3.27. The van der Waals surface area contributed by atoms with Crippen LogP contribution in [0, 0.1) is 0 Å². The topological polar surface area (TPSA) is 65.5 Å². The summed E-state index contributed by atoms with van der Waals surface area (Å²) in [4.78, 5) is 32.4. The SMILES string of the molecule is C[C@H](c1cccnc1)N(C(=O)Nc1cccc(N2CCC2=O)c1)C1CC1. The molecule has 2 heterocycles. The smallest absolute Gasteiger partial charge is 0.315 e. The number of benzene rings is 1. The van der Waals surface area contributed by atoms with Gasteiger partial charge in [0, 0.05) is 42.8 Å². The number of amides is 3. The van der Waals surface area contributed by atoms with Crippen LogP contribution in [0.15, 0.2) is 48.8 Å². The van der Waals surface area contributed by atoms with E-state index in [-0.39, 0.29) is 24.0 Å². The zero-order chi connectivity index (χ0) is 18.1. The molecule has 3 amide bonds. The van der Waals surface area contributed by atoms with Gasteiger partial charge in [0.2, 0.25) is 5.91 Å². The van der Waals surface area contributed by atoms with Crippen LogP contribution in [-0.4, -0.2) is 34.4 Å². The quantitative estimate of drug-likeness (QED) is 0.838. The number of nitrogens with zero attached hydrogens (tertiary/aromatic N) is 3. The normalized spacial score (nSPS) is 17.4. The fraction of sp³-hybridized carbons (Fsp3) is 0.350. The van der Waals surface area contributed by atoms with Crippen molar-refractivity contribution < 1.29 is 9.59 Å². The van der Waals surface area contributed by atoms with Crippen molar-refractivity contribution in [1.82, 2.24) is 9.88 Å². The number of urea groups is 1. The lowest BCUT2D eigenvalue weighted by Crippen LogP contribution is -2.43. The summed E-state index contributed by atoms with van der Waals surface area (Å²) < 4.78 is 0. The van der Waals surface area contributed by atoms with Gasteiger partial charge in [0.25, 0.3) is 0 Å². The molecule has 1 saturated carbocycles. The average molecular weight is 350 g/mol. The van der Waals surface area contributed by atoms with Gasteiger partial charge in [-0.05, 0) is 49.6 Å². The highest BCUT2D eigenvalue weighted by Crippen LogP contribution is 2.35. The van der Waals surface area contributed by atoms with Crippen LogP contribution >= 0.6 is 0 Å². The number of anilines is 2. The van der Waals surface area contributed by atoms with E-state index in [1.807, 2.05) is 54.4 Å². The zero-order valence-electron chi connectivity index (χ0n) is 14.8. The first kappa shape index (κ1) is 16.6. The van der Waals surface area contributed by atoms with Crippen LogP contribution in [0.2, 0.25) is 0 Å². The molecule has 1 aliphatic heterocycles. The molecule has 1 N–H and O–H groups in total. The summed E-state index contributed by atoms with van der Waals surface area (Å²) in [5.41, 5.74) is 2.56. The van der Waals surface area contributed by atoms with E-state index < -0.39 is 0 Å². The van der Waals surface area contributed by atoms with Crippen LogP contribution in [0.25, 0.3) is 0 Å². The van der Waals surface area contributed by atoms with E-state index in [9.17, 15) is 9.59 Å². The van der Waals surface area contributed by atoms with Gasteiger partial charge in [-0.15, -0.1) is 0 Å². The molecule has 0 unspecified atom stereocenters. The molecule has 1 aliphatic carbocycles. The molecule has 134 valence electrons. The highest BCUT2D eigenvalue weighted by atomic mass is 16.2. The Morgan fingerprint density at radius 1 is 1.31 bits per heavy atom. The van der Waals surface area contributed by atoms with E-state index in [1.165, 1.54) is 0 Å². The molecule has 0 bridgehead atoms. The van der Waals surface area contributed by atoms with Crippen LogP contribution in [-0.2, 0) is 4.79 Å². The van der Waals surface area contributed by atoms with E-state index in [0.717, 1.165) is 30.6 Å². The van der Waals surface area contributed by atoms with E-state index >= 15 is 0 Å². The minimum Gasteiger partial charge on any atom is -0.315 e. The van der Waals surface area contributed by atoms with Crippen molar-refractivity contribution in [3.8, 4) is 0 Å². The molecule has 2 aromatic rings. The van der Waals surface area contributed by atoms with Crippen molar-refractivity contribution in [1.29, 1.82) is 0 Å². The van der Waals surface area contributed by atoms with Crippen molar-refractivity contribution in [3.63, 3.8) is 0 Å². The second-order valence-corrected chi connectivity index (χ2v) is 6.88. The summed E-state index contributed by atoms with van der Waals surface area (Å²) in [5.74, 6) is 0.123. The van der Waals surface area contributed by atoms with Crippen LogP contribution < -0.4 is 10.2 Å². The van der Waals surface area contributed by atoms with Gasteiger partial charge in [-0.25, -0.2) is 4.79 Å². The van der Waals surface area contributed by atoms with Gasteiger partial charge in [0.05, 0.1) is 6.04 Å². The molecule has 0 radical (unpaired) electrons. The molecule has 2 fully saturated rings. The lowest BCUT2D eigenvalue weighted by molar-refractivity contribution is -0.122. The lowest BCUT2D eigenvalue weighted by atomic mass is 10.1. The van der Waals surface area contributed by atoms with Gasteiger partial charge in [0.15, 0.2) is 0 Å². The average Bonchev–Trinajstić information content (AvgIpc) is 3.46. The monoisotopic (exact) mass is 350 g/mol. The number of β-lactam (4-membered cyclic amide) rings is 1. The standard InChI is InChI=1S/C20H22N4O2/c1-14(15-4-3-10-21-13-15)24(17-7-8-17)20(26)22-16-5-2-6-18(12-16)23-11-9-19(23)25/h2-6,10,12-14,17H,7-9,11H2,1H3,(H,22,26)/t14-/m1/s1. The molecule has 1 atom stereocenters. The maximum absolute atomic E-state index is 13.0. The third-order valence-electron chi connectivity index (χ3n) is 5.02. The maximum atomic E-state index is 13.0. The summed E-state index contributed by atoms with van der Waals surface area (Å²) in [7, 11) is 0. The molecule has 26 heavy (non-hydrogen) atoms. The highest BCUT2D eigenvalue weighted by Gasteiger charge is 2.36. The summed E-state index contributed by atoms with van der Waals surface area (Å²) in [6.07, 6.45) is 6.19. The Balaban J connectivity index is 1.50. The number of hydrogen-bond acceptors (Lipinski definition) is 3. The summed E-state index contributed by atoms with van der Waals surface area (Å²) in [6.45, 7) is 2.77. The molecule has 4 rings (SSSR count). The fourth-order valence-corrected chi connectivity index (χ4v) is 3.32. The van der Waals surface area contributed by atoms with Crippen molar-refractivity contribution >= 4 is 23.3 Å². The predicted molar refractivity (Wildman–Crippen MR) is 99.9 cm³/mol. The molecule has 1 aromatic heterocycles. The Kier molecular flexibility index (Phi) is 4.32. The molecule has 1 aromatic carbocycles. The summed E-state index contributed by atoms with van der Waals surface area (Å²) >= 11 is 0. The van der Waals surface area contributed by atoms with Crippen molar-refractivity contribution in [2.24, 2.45) is 0 Å². The van der Waals surface area contributed by atoms with Crippen LogP contribution in [0.5, 0.6) is 0 Å². The number of carbonyl (C=O) groups is 2. The minimum absolute atomic E-state index is 0.0451. The van der Waals surface area contributed by atoms with E-state index in [2.05, 4.69) is 10.3 Å². The zero-order valence-corrected chi connectivity index (χ0v) is 14.8. The van der Waals surface area contributed by atoms with Gasteiger partial charge in [-0.3, -0.25) is 9.78 Å². The predicted octanol–water partition coefficient (Wildman–Crippen LogP) is 3.58. The van der Waals surface area contributed by atoms with Gasteiger partial charge >= 0.3 is 6.03 Å². The van der Waals surface area contributed by atoms with Crippen LogP contribution in [0.3, 0.4) is 0 Å². The molecule has 1 saturated heterocycles. The maximum Gasteiger partial charge on any atom is 0.322 e. The largest absolute Gasteiger partial charge is 0.322 e. The van der Waals surface area contributed by atoms with Crippen molar-refractivity contribution in [2.75, 3.05) is 16.8 Å². The molecule has 6 nitrogen and oxygen atoms in total. The molecule has 2 aliphatic rings. The molecule has 6 heteroatoms. The number of nitrogens with one attached hydrogen (secondary N) is 1. The second-order valence-electron chi connectivity index (χ2n) is 6.88. The van der Waals surface area contributed by atoms with Gasteiger partial charge in [-0.2, -0.15) is 0 Å². The third-order valence-corrected chi connectivity index (χ3v) is 5.02. The Morgan fingerprint density at radius 2 is 2.15 bits per heavy atom. The first-order valence-corrected chi connectivity index (χ1v) is 9.03. The van der Waals surface area contributed by atoms with Gasteiger partial charge < -0.3 is 15.1 Å². The minimum atomic E-state index is -0.115. The number of carbonyl (C=O) groups excluding carboxylic acids is 2.